The van der Waals surface area contributed by atoms with Gasteiger partial charge in [-0.25, -0.2) is 0 Å². The highest BCUT2D eigenvalue weighted by Gasteiger charge is 2.07. The zero-order chi connectivity index (χ0) is 10.4. The molecule has 1 heterocycles. The SMILES string of the molecule is CCCCN(C)Cc1occc1CN. The van der Waals surface area contributed by atoms with E-state index >= 15 is 0 Å². The fourth-order valence-electron chi connectivity index (χ4n) is 1.44. The molecular weight excluding hydrogens is 176 g/mol. The zero-order valence-electron chi connectivity index (χ0n) is 9.12. The van der Waals surface area contributed by atoms with Gasteiger partial charge in [0.15, 0.2) is 0 Å². The number of furan rings is 1. The van der Waals surface area contributed by atoms with Crippen LogP contribution in [-0.4, -0.2) is 18.5 Å². The van der Waals surface area contributed by atoms with Gasteiger partial charge in [-0.3, -0.25) is 4.90 Å². The minimum Gasteiger partial charge on any atom is -0.468 e. The molecule has 0 radical (unpaired) electrons. The second kappa shape index (κ2) is 5.83. The number of hydrogen-bond donors (Lipinski definition) is 1. The Morgan fingerprint density at radius 1 is 1.50 bits per heavy atom. The van der Waals surface area contributed by atoms with E-state index < -0.39 is 0 Å². The van der Waals surface area contributed by atoms with Gasteiger partial charge in [-0.05, 0) is 26.1 Å². The molecule has 3 nitrogen and oxygen atoms in total. The summed E-state index contributed by atoms with van der Waals surface area (Å²) in [6, 6.07) is 1.95. The third-order valence-electron chi connectivity index (χ3n) is 2.36. The van der Waals surface area contributed by atoms with Crippen molar-refractivity contribution in [2.45, 2.75) is 32.9 Å². The van der Waals surface area contributed by atoms with Gasteiger partial charge < -0.3 is 10.2 Å². The summed E-state index contributed by atoms with van der Waals surface area (Å²) in [6.07, 6.45) is 4.17. The summed E-state index contributed by atoms with van der Waals surface area (Å²) in [6.45, 7) is 4.74. The van der Waals surface area contributed by atoms with E-state index in [4.69, 9.17) is 10.2 Å². The molecular formula is C11H20N2O. The number of hydrogen-bond acceptors (Lipinski definition) is 3. The van der Waals surface area contributed by atoms with E-state index in [0.717, 1.165) is 24.4 Å². The number of nitrogens with zero attached hydrogens (tertiary/aromatic N) is 1. The second-order valence-corrected chi connectivity index (χ2v) is 3.66. The molecule has 80 valence electrons. The van der Waals surface area contributed by atoms with Crippen LogP contribution in [0.1, 0.15) is 31.1 Å². The summed E-state index contributed by atoms with van der Waals surface area (Å²) in [7, 11) is 2.11. The molecule has 0 unspecified atom stereocenters. The predicted molar refractivity (Wildman–Crippen MR) is 57.8 cm³/mol. The Kier molecular flexibility index (Phi) is 4.70. The highest BCUT2D eigenvalue weighted by Crippen LogP contribution is 2.12. The van der Waals surface area contributed by atoms with Crippen molar-refractivity contribution in [3.8, 4) is 0 Å². The second-order valence-electron chi connectivity index (χ2n) is 3.66. The van der Waals surface area contributed by atoms with Crippen LogP contribution in [0.5, 0.6) is 0 Å². The summed E-state index contributed by atoms with van der Waals surface area (Å²) in [5.74, 6) is 1.01. The largest absolute Gasteiger partial charge is 0.468 e. The molecule has 0 atom stereocenters. The Morgan fingerprint density at radius 3 is 2.93 bits per heavy atom. The van der Waals surface area contributed by atoms with Crippen LogP contribution in [0.15, 0.2) is 16.7 Å². The highest BCUT2D eigenvalue weighted by molar-refractivity contribution is 5.16. The topological polar surface area (TPSA) is 42.4 Å². The van der Waals surface area contributed by atoms with E-state index in [-0.39, 0.29) is 0 Å². The van der Waals surface area contributed by atoms with Crippen molar-refractivity contribution >= 4 is 0 Å². The van der Waals surface area contributed by atoms with E-state index in [9.17, 15) is 0 Å². The van der Waals surface area contributed by atoms with Crippen molar-refractivity contribution in [2.24, 2.45) is 5.73 Å². The third kappa shape index (κ3) is 3.16. The maximum atomic E-state index is 5.59. The Balaban J connectivity index is 2.42. The summed E-state index contributed by atoms with van der Waals surface area (Å²) >= 11 is 0. The molecule has 1 aromatic heterocycles. The van der Waals surface area contributed by atoms with Crippen LogP contribution >= 0.6 is 0 Å². The van der Waals surface area contributed by atoms with Crippen LogP contribution in [-0.2, 0) is 13.1 Å². The number of rotatable bonds is 6. The molecule has 1 rings (SSSR count). The van der Waals surface area contributed by atoms with Gasteiger partial charge in [-0.1, -0.05) is 13.3 Å². The average Bonchev–Trinajstić information content (AvgIpc) is 2.62. The molecule has 0 aliphatic rings. The van der Waals surface area contributed by atoms with Crippen LogP contribution in [0, 0.1) is 0 Å². The lowest BCUT2D eigenvalue weighted by atomic mass is 10.2. The minimum absolute atomic E-state index is 0.563. The van der Waals surface area contributed by atoms with Crippen LogP contribution in [0.2, 0.25) is 0 Å². The van der Waals surface area contributed by atoms with Crippen molar-refractivity contribution in [3.63, 3.8) is 0 Å². The first kappa shape index (κ1) is 11.3. The fourth-order valence-corrected chi connectivity index (χ4v) is 1.44. The number of nitrogens with two attached hydrogens (primary N) is 1. The number of unbranched alkanes of at least 4 members (excludes halogenated alkanes) is 1. The molecule has 0 fully saturated rings. The lowest BCUT2D eigenvalue weighted by molar-refractivity contribution is 0.289. The molecule has 0 spiro atoms. The molecule has 0 bridgehead atoms. The summed E-state index contributed by atoms with van der Waals surface area (Å²) in [4.78, 5) is 2.27. The Hall–Kier alpha value is -0.800. The van der Waals surface area contributed by atoms with E-state index in [1.54, 1.807) is 6.26 Å². The van der Waals surface area contributed by atoms with Gasteiger partial charge in [0.05, 0.1) is 12.8 Å². The van der Waals surface area contributed by atoms with Crippen LogP contribution in [0.4, 0.5) is 0 Å². The van der Waals surface area contributed by atoms with Gasteiger partial charge in [0.1, 0.15) is 5.76 Å². The average molecular weight is 196 g/mol. The van der Waals surface area contributed by atoms with E-state index in [1.807, 2.05) is 6.07 Å². The molecule has 2 N–H and O–H groups in total. The molecule has 0 aliphatic carbocycles. The van der Waals surface area contributed by atoms with Crippen LogP contribution in [0.3, 0.4) is 0 Å². The van der Waals surface area contributed by atoms with E-state index in [1.165, 1.54) is 12.8 Å². The molecule has 14 heavy (non-hydrogen) atoms. The molecule has 0 aliphatic heterocycles. The standard InChI is InChI=1S/C11H20N2O/c1-3-4-6-13(2)9-11-10(8-12)5-7-14-11/h5,7H,3-4,6,8-9,12H2,1-2H3. The first-order valence-electron chi connectivity index (χ1n) is 5.21. The first-order chi connectivity index (χ1) is 6.77. The molecule has 0 saturated carbocycles. The fraction of sp³-hybridized carbons (Fsp3) is 0.636. The van der Waals surface area contributed by atoms with Crippen molar-refractivity contribution in [2.75, 3.05) is 13.6 Å². The van der Waals surface area contributed by atoms with E-state index in [2.05, 4.69) is 18.9 Å². The predicted octanol–water partition coefficient (Wildman–Crippen LogP) is 1.97. The minimum atomic E-state index is 0.563. The normalized spacial score (nSPS) is 11.1. The maximum absolute atomic E-state index is 5.59. The Bertz CT molecular complexity index is 258. The molecule has 3 heteroatoms. The maximum Gasteiger partial charge on any atom is 0.122 e. The zero-order valence-corrected chi connectivity index (χ0v) is 9.12. The van der Waals surface area contributed by atoms with Crippen molar-refractivity contribution in [3.05, 3.63) is 23.7 Å². The summed E-state index contributed by atoms with van der Waals surface area (Å²) in [5.41, 5.74) is 6.71. The van der Waals surface area contributed by atoms with Gasteiger partial charge in [0, 0.05) is 12.1 Å². The molecule has 0 aromatic carbocycles. The van der Waals surface area contributed by atoms with Gasteiger partial charge in [0.25, 0.3) is 0 Å². The van der Waals surface area contributed by atoms with Crippen LogP contribution < -0.4 is 5.73 Å². The van der Waals surface area contributed by atoms with Gasteiger partial charge in [-0.2, -0.15) is 0 Å². The quantitative estimate of drug-likeness (QED) is 0.756. The van der Waals surface area contributed by atoms with Gasteiger partial charge >= 0.3 is 0 Å². The lowest BCUT2D eigenvalue weighted by Crippen LogP contribution is -2.19. The highest BCUT2D eigenvalue weighted by atomic mass is 16.3. The first-order valence-corrected chi connectivity index (χ1v) is 5.21. The Labute approximate surface area is 85.9 Å². The Morgan fingerprint density at radius 2 is 2.29 bits per heavy atom. The van der Waals surface area contributed by atoms with Crippen LogP contribution in [0.25, 0.3) is 0 Å². The molecule has 0 amide bonds. The molecule has 1 aromatic rings. The lowest BCUT2D eigenvalue weighted by Gasteiger charge is -2.14. The van der Waals surface area contributed by atoms with Crippen molar-refractivity contribution < 1.29 is 4.42 Å². The smallest absolute Gasteiger partial charge is 0.122 e. The van der Waals surface area contributed by atoms with Crippen molar-refractivity contribution in [1.82, 2.24) is 4.90 Å². The van der Waals surface area contributed by atoms with E-state index in [0.29, 0.717) is 6.54 Å². The third-order valence-corrected chi connectivity index (χ3v) is 2.36. The van der Waals surface area contributed by atoms with Gasteiger partial charge in [-0.15, -0.1) is 0 Å². The summed E-state index contributed by atoms with van der Waals surface area (Å²) < 4.78 is 5.38. The summed E-state index contributed by atoms with van der Waals surface area (Å²) in [5, 5.41) is 0. The monoisotopic (exact) mass is 196 g/mol. The van der Waals surface area contributed by atoms with Crippen molar-refractivity contribution in [1.29, 1.82) is 0 Å². The molecule has 0 saturated heterocycles. The van der Waals surface area contributed by atoms with Gasteiger partial charge in [0.2, 0.25) is 0 Å².